The van der Waals surface area contributed by atoms with E-state index in [4.69, 9.17) is 23.1 Å². The molecule has 180 valence electrons. The molecule has 1 aliphatic rings. The third-order valence-corrected chi connectivity index (χ3v) is 5.83. The number of carbonyl (C=O) groups is 1. The summed E-state index contributed by atoms with van der Waals surface area (Å²) in [5.74, 6) is -1.79. The summed E-state index contributed by atoms with van der Waals surface area (Å²) in [5.41, 5.74) is 11.6. The number of aliphatic carboxylic acids is 1. The van der Waals surface area contributed by atoms with Gasteiger partial charge in [0, 0.05) is 21.4 Å². The number of aliphatic hydroxyl groups is 1. The Morgan fingerprint density at radius 2 is 1.91 bits per heavy atom. The molecule has 10 heteroatoms. The molecule has 0 fully saturated rings. The van der Waals surface area contributed by atoms with Gasteiger partial charge in [0.05, 0.1) is 18.5 Å². The fraction of sp³-hybridized carbons (Fsp3) is 0.250. The lowest BCUT2D eigenvalue weighted by Crippen LogP contribution is -2.40. The van der Waals surface area contributed by atoms with Crippen LogP contribution in [0, 0.1) is 5.41 Å². The second-order valence-corrected chi connectivity index (χ2v) is 8.60. The number of carboxylic acid groups (broad SMARTS) is 1. The molecule has 34 heavy (non-hydrogen) atoms. The summed E-state index contributed by atoms with van der Waals surface area (Å²) in [6.45, 7) is 0. The lowest BCUT2D eigenvalue weighted by molar-refractivity contribution is -0.161. The van der Waals surface area contributed by atoms with Gasteiger partial charge in [-0.3, -0.25) is 4.79 Å². The van der Waals surface area contributed by atoms with E-state index in [-0.39, 0.29) is 23.9 Å². The zero-order chi connectivity index (χ0) is 25.1. The van der Waals surface area contributed by atoms with E-state index >= 15 is 0 Å². The van der Waals surface area contributed by atoms with Crippen molar-refractivity contribution in [1.29, 1.82) is 0 Å². The molecular weight excluding hydrogens is 471 g/mol. The van der Waals surface area contributed by atoms with Gasteiger partial charge in [0.25, 0.3) is 0 Å². The maximum Gasteiger partial charge on any atom is 0.390 e. The molecule has 2 aromatic rings. The summed E-state index contributed by atoms with van der Waals surface area (Å²) in [6.07, 6.45) is -3.82. The van der Waals surface area contributed by atoms with Crippen LogP contribution in [0.15, 0.2) is 59.6 Å². The summed E-state index contributed by atoms with van der Waals surface area (Å²) in [5, 5.41) is 21.2. The van der Waals surface area contributed by atoms with Crippen molar-refractivity contribution in [2.75, 3.05) is 0 Å². The highest BCUT2D eigenvalue weighted by atomic mass is 35.5. The monoisotopic (exact) mass is 493 g/mol. The maximum atomic E-state index is 13.2. The Hall–Kier alpha value is -3.46. The average Bonchev–Trinajstić information content (AvgIpc) is 2.73. The molecule has 0 saturated carbocycles. The normalized spacial score (nSPS) is 19.8. The highest BCUT2D eigenvalue weighted by molar-refractivity contribution is 6.30. The second-order valence-electron chi connectivity index (χ2n) is 8.17. The first-order chi connectivity index (χ1) is 15.9. The molecule has 0 aromatic heterocycles. The maximum absolute atomic E-state index is 13.2. The van der Waals surface area contributed by atoms with Gasteiger partial charge in [-0.1, -0.05) is 29.8 Å². The number of benzene rings is 2. The lowest BCUT2D eigenvalue weighted by atomic mass is 9.70. The van der Waals surface area contributed by atoms with Crippen molar-refractivity contribution in [3.63, 3.8) is 0 Å². The van der Waals surface area contributed by atoms with Crippen LogP contribution in [0.5, 0.6) is 0 Å². The van der Waals surface area contributed by atoms with Crippen LogP contribution in [-0.2, 0) is 11.2 Å². The van der Waals surface area contributed by atoms with E-state index in [0.717, 1.165) is 0 Å². The number of aryl methyl sites for hydroxylation is 1. The van der Waals surface area contributed by atoms with E-state index in [9.17, 15) is 28.2 Å². The molecule has 1 unspecified atom stereocenters. The van der Waals surface area contributed by atoms with Gasteiger partial charge in [-0.2, -0.15) is 13.2 Å². The first-order valence-electron chi connectivity index (χ1n) is 10.3. The minimum atomic E-state index is -4.63. The van der Waals surface area contributed by atoms with Gasteiger partial charge in [-0.25, -0.2) is 4.99 Å². The van der Waals surface area contributed by atoms with Gasteiger partial charge in [-0.05, 0) is 60.0 Å². The number of halogens is 4. The van der Waals surface area contributed by atoms with Gasteiger partial charge >= 0.3 is 12.1 Å². The van der Waals surface area contributed by atoms with E-state index in [1.54, 1.807) is 36.4 Å². The highest BCUT2D eigenvalue weighted by Gasteiger charge is 2.48. The van der Waals surface area contributed by atoms with Crippen molar-refractivity contribution in [1.82, 2.24) is 0 Å². The Kier molecular flexibility index (Phi) is 7.26. The van der Waals surface area contributed by atoms with Gasteiger partial charge in [-0.15, -0.1) is 0 Å². The van der Waals surface area contributed by atoms with Crippen LogP contribution >= 0.6 is 11.6 Å². The molecule has 1 aliphatic carbocycles. The minimum Gasteiger partial charge on any atom is -0.511 e. The van der Waals surface area contributed by atoms with E-state index in [1.165, 1.54) is 18.2 Å². The number of alkyl halides is 3. The standard InChI is InChI=1S/C24H23ClF3N3O3/c25-16-2-1-3-17(11-16)31-20(30)7-6-19(29)15-4-5-18-14(10-15)8-9-23(22(18)34,12-21(32)33)13-24(26,27)28/h1-7,10-11,34H,8-9,12-13,29H2,(H2,30,31)(H,32,33). The van der Waals surface area contributed by atoms with E-state index in [2.05, 4.69) is 4.99 Å². The fourth-order valence-corrected chi connectivity index (χ4v) is 4.26. The summed E-state index contributed by atoms with van der Waals surface area (Å²) < 4.78 is 39.6. The molecule has 2 aromatic carbocycles. The Bertz CT molecular complexity index is 1290. The van der Waals surface area contributed by atoms with Crippen molar-refractivity contribution >= 4 is 40.5 Å². The van der Waals surface area contributed by atoms with Gasteiger partial charge in [0.15, 0.2) is 0 Å². The number of hydrogen-bond acceptors (Lipinski definition) is 4. The summed E-state index contributed by atoms with van der Waals surface area (Å²) in [7, 11) is 0. The zero-order valence-electron chi connectivity index (χ0n) is 17.9. The predicted octanol–water partition coefficient (Wildman–Crippen LogP) is 3.68. The average molecular weight is 494 g/mol. The number of carboxylic acids is 1. The number of rotatable bonds is 6. The molecule has 1 atom stereocenters. The minimum absolute atomic E-state index is 0.157. The lowest BCUT2D eigenvalue weighted by Gasteiger charge is -2.35. The number of aliphatic imine (C=N–C) groups is 1. The fourth-order valence-electron chi connectivity index (χ4n) is 4.07. The van der Waals surface area contributed by atoms with Gasteiger partial charge in [0.2, 0.25) is 0 Å². The molecule has 6 nitrogen and oxygen atoms in total. The van der Waals surface area contributed by atoms with Crippen LogP contribution in [0.1, 0.15) is 24.8 Å². The first kappa shape index (κ1) is 25.2. The Morgan fingerprint density at radius 1 is 1.18 bits per heavy atom. The molecule has 0 heterocycles. The van der Waals surface area contributed by atoms with Gasteiger partial charge < -0.3 is 21.7 Å². The van der Waals surface area contributed by atoms with Crippen LogP contribution < -0.4 is 21.9 Å². The first-order valence-corrected chi connectivity index (χ1v) is 10.7. The Morgan fingerprint density at radius 3 is 2.56 bits per heavy atom. The largest absolute Gasteiger partial charge is 0.511 e. The number of aliphatic hydroxyl groups excluding tert-OH is 1. The number of fused-ring (bicyclic) bond motifs is 1. The van der Waals surface area contributed by atoms with Crippen molar-refractivity contribution in [3.05, 3.63) is 75.6 Å². The van der Waals surface area contributed by atoms with Crippen molar-refractivity contribution < 1.29 is 28.2 Å². The van der Waals surface area contributed by atoms with E-state index < -0.39 is 36.2 Å². The molecule has 0 bridgehead atoms. The van der Waals surface area contributed by atoms with E-state index in [0.29, 0.717) is 27.2 Å². The topological polar surface area (TPSA) is 122 Å². The summed E-state index contributed by atoms with van der Waals surface area (Å²) in [6, 6.07) is 11.5. The smallest absolute Gasteiger partial charge is 0.390 e. The molecule has 0 amide bonds. The molecular formula is C24H23ClF3N3O3. The summed E-state index contributed by atoms with van der Waals surface area (Å²) >= 11 is 5.92. The van der Waals surface area contributed by atoms with E-state index in [1.807, 2.05) is 0 Å². The molecule has 0 radical (unpaired) electrons. The van der Waals surface area contributed by atoms with Crippen LogP contribution in [0.2, 0.25) is 5.02 Å². The van der Waals surface area contributed by atoms with Crippen LogP contribution in [-0.4, -0.2) is 28.2 Å². The number of nitrogens with two attached hydrogens (primary N) is 2. The Balaban J connectivity index is 1.97. The third-order valence-electron chi connectivity index (χ3n) is 5.60. The van der Waals surface area contributed by atoms with Crippen molar-refractivity contribution in [2.45, 2.75) is 31.9 Å². The number of amidine groups is 1. The predicted molar refractivity (Wildman–Crippen MR) is 125 cm³/mol. The van der Waals surface area contributed by atoms with Gasteiger partial charge in [0.1, 0.15) is 11.6 Å². The van der Waals surface area contributed by atoms with Crippen molar-refractivity contribution in [2.24, 2.45) is 21.9 Å². The Labute approximate surface area is 198 Å². The number of nitrogens with zero attached hydrogens (tertiary/aromatic N) is 1. The van der Waals surface area contributed by atoms with Crippen LogP contribution in [0.4, 0.5) is 18.9 Å². The molecule has 0 saturated heterocycles. The summed E-state index contributed by atoms with van der Waals surface area (Å²) in [4.78, 5) is 15.5. The number of hydrogen-bond donors (Lipinski definition) is 4. The molecule has 6 N–H and O–H groups in total. The van der Waals surface area contributed by atoms with Crippen LogP contribution in [0.3, 0.4) is 0 Å². The van der Waals surface area contributed by atoms with Crippen LogP contribution in [0.25, 0.3) is 11.5 Å². The molecule has 0 spiro atoms. The highest BCUT2D eigenvalue weighted by Crippen LogP contribution is 2.46. The van der Waals surface area contributed by atoms with Crippen molar-refractivity contribution in [3.8, 4) is 0 Å². The molecule has 3 rings (SSSR count). The molecule has 0 aliphatic heterocycles. The zero-order valence-corrected chi connectivity index (χ0v) is 18.7. The SMILES string of the molecule is NC(C=CC(N)=c1ccc2c(c1)CCC(CC(=O)O)(CC(F)(F)F)C=2O)=Nc1cccc(Cl)c1. The second kappa shape index (κ2) is 9.80. The quantitative estimate of drug-likeness (QED) is 0.361. The third kappa shape index (κ3) is 6.11.